The summed E-state index contributed by atoms with van der Waals surface area (Å²) in [5.41, 5.74) is 0.389. The fraction of sp³-hybridized carbons (Fsp3) is 0.607. The van der Waals surface area contributed by atoms with Crippen LogP contribution in [0.5, 0.6) is 0 Å². The Morgan fingerprint density at radius 3 is 2.46 bits per heavy atom. The molecule has 4 aliphatic carbocycles. The van der Waals surface area contributed by atoms with Crippen molar-refractivity contribution in [3.63, 3.8) is 0 Å². The number of H-pyrrole nitrogens is 1. The summed E-state index contributed by atoms with van der Waals surface area (Å²) >= 11 is 1.52. The number of thioether (sulfide) groups is 1. The minimum Gasteiger partial charge on any atom is -0.480 e. The van der Waals surface area contributed by atoms with Crippen LogP contribution in [0.25, 0.3) is 10.9 Å². The maximum absolute atomic E-state index is 13.6. The fourth-order valence-electron chi connectivity index (χ4n) is 7.10. The van der Waals surface area contributed by atoms with Gasteiger partial charge in [0.2, 0.25) is 5.91 Å². The van der Waals surface area contributed by atoms with Crippen LogP contribution in [0.2, 0.25) is 0 Å². The van der Waals surface area contributed by atoms with E-state index in [-0.39, 0.29) is 12.5 Å². The van der Waals surface area contributed by atoms with Crippen LogP contribution in [-0.2, 0) is 20.7 Å². The average molecular weight is 528 g/mol. The number of para-hydroxylation sites is 1. The van der Waals surface area contributed by atoms with Gasteiger partial charge in [0, 0.05) is 23.5 Å². The van der Waals surface area contributed by atoms with E-state index in [0.717, 1.165) is 54.0 Å². The first kappa shape index (κ1) is 25.9. The Morgan fingerprint density at radius 1 is 1.14 bits per heavy atom. The topological polar surface area (TPSA) is 121 Å². The minimum absolute atomic E-state index is 0.110. The Morgan fingerprint density at radius 2 is 1.81 bits per heavy atom. The summed E-state index contributed by atoms with van der Waals surface area (Å²) in [7, 11) is 0. The van der Waals surface area contributed by atoms with Crippen LogP contribution in [-0.4, -0.2) is 57.8 Å². The lowest BCUT2D eigenvalue weighted by atomic mass is 9.55. The molecule has 4 bridgehead atoms. The standard InChI is InChI=1S/C28H37N3O5S/c1-28(26(34)30-23(25(32)33)7-8-37-2,14-20-15-29-22-6-4-3-5-21(20)22)31-27(35)36-24-18-10-16-9-17(12-18)13-19(24)11-16/h3-6,15-19,23-24,29H,7-14H2,1-2H3,(H,30,34)(H,31,35)(H,32,33)/t16?,17?,18?,19?,23-,24?,28+/m0/s1. The van der Waals surface area contributed by atoms with Crippen molar-refractivity contribution in [2.24, 2.45) is 23.7 Å². The van der Waals surface area contributed by atoms with E-state index in [1.165, 1.54) is 18.2 Å². The van der Waals surface area contributed by atoms with E-state index in [2.05, 4.69) is 15.6 Å². The second-order valence-electron chi connectivity index (χ2n) is 11.4. The normalized spacial score (nSPS) is 28.4. The number of carboxylic acids is 1. The summed E-state index contributed by atoms with van der Waals surface area (Å²) in [4.78, 5) is 42.0. The van der Waals surface area contributed by atoms with Crippen LogP contribution >= 0.6 is 11.8 Å². The molecule has 2 aromatic rings. The van der Waals surface area contributed by atoms with Crippen LogP contribution in [0.3, 0.4) is 0 Å². The van der Waals surface area contributed by atoms with E-state index in [9.17, 15) is 19.5 Å². The zero-order valence-corrected chi connectivity index (χ0v) is 22.3. The Balaban J connectivity index is 1.35. The molecular weight excluding hydrogens is 490 g/mol. The van der Waals surface area contributed by atoms with Crippen molar-refractivity contribution < 1.29 is 24.2 Å². The van der Waals surface area contributed by atoms with Crippen LogP contribution < -0.4 is 10.6 Å². The number of aliphatic carboxylic acids is 1. The van der Waals surface area contributed by atoms with Gasteiger partial charge in [-0.2, -0.15) is 11.8 Å². The van der Waals surface area contributed by atoms with Crippen LogP contribution in [0.1, 0.15) is 51.0 Å². The Labute approximate surface area is 221 Å². The predicted octanol–water partition coefficient (Wildman–Crippen LogP) is 4.34. The van der Waals surface area contributed by atoms with Crippen molar-refractivity contribution in [1.82, 2.24) is 15.6 Å². The monoisotopic (exact) mass is 527 g/mol. The van der Waals surface area contributed by atoms with Gasteiger partial charge < -0.3 is 25.5 Å². The van der Waals surface area contributed by atoms with Gasteiger partial charge in [-0.3, -0.25) is 4.79 Å². The number of alkyl carbamates (subject to hydrolysis) is 1. The number of ether oxygens (including phenoxy) is 1. The molecule has 4 N–H and O–H groups in total. The molecule has 1 aromatic carbocycles. The molecule has 200 valence electrons. The van der Waals surface area contributed by atoms with Crippen molar-refractivity contribution in [3.8, 4) is 0 Å². The lowest BCUT2D eigenvalue weighted by Crippen LogP contribution is -2.61. The number of aromatic amines is 1. The van der Waals surface area contributed by atoms with E-state index in [1.54, 1.807) is 6.92 Å². The molecule has 0 spiro atoms. The summed E-state index contributed by atoms with van der Waals surface area (Å²) < 4.78 is 6.04. The first-order chi connectivity index (χ1) is 17.8. The van der Waals surface area contributed by atoms with Gasteiger partial charge in [-0.1, -0.05) is 18.2 Å². The molecule has 1 aromatic heterocycles. The third kappa shape index (κ3) is 5.47. The molecule has 0 unspecified atom stereocenters. The molecule has 2 atom stereocenters. The van der Waals surface area contributed by atoms with Crippen molar-refractivity contribution in [1.29, 1.82) is 0 Å². The number of aromatic nitrogens is 1. The van der Waals surface area contributed by atoms with Gasteiger partial charge in [0.1, 0.15) is 17.7 Å². The smallest absolute Gasteiger partial charge is 0.408 e. The maximum Gasteiger partial charge on any atom is 0.408 e. The molecular formula is C28H37N3O5S. The number of carboxylic acid groups (broad SMARTS) is 1. The molecule has 6 rings (SSSR count). The molecule has 1 heterocycles. The molecule has 0 aliphatic heterocycles. The van der Waals surface area contributed by atoms with Crippen LogP contribution in [0.4, 0.5) is 4.79 Å². The summed E-state index contributed by atoms with van der Waals surface area (Å²) in [5, 5.41) is 16.2. The highest BCUT2D eigenvalue weighted by atomic mass is 32.2. The zero-order chi connectivity index (χ0) is 26.2. The van der Waals surface area contributed by atoms with Gasteiger partial charge in [0.05, 0.1) is 0 Å². The molecule has 4 fully saturated rings. The lowest BCUT2D eigenvalue weighted by Gasteiger charge is -2.53. The van der Waals surface area contributed by atoms with E-state index in [0.29, 0.717) is 24.0 Å². The fourth-order valence-corrected chi connectivity index (χ4v) is 7.57. The molecule has 37 heavy (non-hydrogen) atoms. The highest BCUT2D eigenvalue weighted by molar-refractivity contribution is 7.98. The van der Waals surface area contributed by atoms with E-state index >= 15 is 0 Å². The van der Waals surface area contributed by atoms with Gasteiger partial charge in [-0.05, 0) is 92.8 Å². The van der Waals surface area contributed by atoms with E-state index in [1.807, 2.05) is 36.7 Å². The summed E-state index contributed by atoms with van der Waals surface area (Å²) in [5.74, 6) is 1.30. The Bertz CT molecular complexity index is 1140. The number of fused-ring (bicyclic) bond motifs is 1. The van der Waals surface area contributed by atoms with Crippen molar-refractivity contribution >= 4 is 40.6 Å². The third-order valence-corrected chi connectivity index (χ3v) is 9.34. The Hall–Kier alpha value is -2.68. The number of nitrogens with one attached hydrogen (secondary N) is 3. The number of carbonyl (C=O) groups excluding carboxylic acids is 2. The molecule has 2 amide bonds. The van der Waals surface area contributed by atoms with Crippen LogP contribution in [0.15, 0.2) is 30.5 Å². The quantitative estimate of drug-likeness (QED) is 0.365. The molecule has 4 saturated carbocycles. The minimum atomic E-state index is -1.40. The van der Waals surface area contributed by atoms with Crippen molar-refractivity contribution in [3.05, 3.63) is 36.0 Å². The van der Waals surface area contributed by atoms with Gasteiger partial charge in [0.25, 0.3) is 0 Å². The highest BCUT2D eigenvalue weighted by Crippen LogP contribution is 2.54. The predicted molar refractivity (Wildman–Crippen MR) is 143 cm³/mol. The van der Waals surface area contributed by atoms with E-state index < -0.39 is 29.6 Å². The number of benzene rings is 1. The number of amides is 2. The summed E-state index contributed by atoms with van der Waals surface area (Å²) in [6.45, 7) is 1.65. The summed E-state index contributed by atoms with van der Waals surface area (Å²) in [6, 6.07) is 6.73. The van der Waals surface area contributed by atoms with Crippen molar-refractivity contribution in [2.45, 2.75) is 69.6 Å². The van der Waals surface area contributed by atoms with E-state index in [4.69, 9.17) is 4.74 Å². The van der Waals surface area contributed by atoms with Gasteiger partial charge >= 0.3 is 12.1 Å². The molecule has 0 radical (unpaired) electrons. The number of hydrogen-bond acceptors (Lipinski definition) is 5. The maximum atomic E-state index is 13.6. The first-order valence-corrected chi connectivity index (χ1v) is 14.7. The largest absolute Gasteiger partial charge is 0.480 e. The average Bonchev–Trinajstić information content (AvgIpc) is 3.25. The zero-order valence-electron chi connectivity index (χ0n) is 21.5. The molecule has 9 heteroatoms. The van der Waals surface area contributed by atoms with Crippen LogP contribution in [0, 0.1) is 23.7 Å². The third-order valence-electron chi connectivity index (χ3n) is 8.70. The Kier molecular flexibility index (Phi) is 7.43. The van der Waals surface area contributed by atoms with Gasteiger partial charge in [-0.15, -0.1) is 0 Å². The van der Waals surface area contributed by atoms with Gasteiger partial charge in [-0.25, -0.2) is 9.59 Å². The molecule has 8 nitrogen and oxygen atoms in total. The second kappa shape index (κ2) is 10.6. The van der Waals surface area contributed by atoms with Crippen molar-refractivity contribution in [2.75, 3.05) is 12.0 Å². The lowest BCUT2D eigenvalue weighted by molar-refractivity contribution is -0.143. The number of rotatable bonds is 10. The SMILES string of the molecule is CSCC[C@H](NC(=O)[C@@](C)(Cc1c[nH]c2ccccc12)NC(=O)OC1C2CC3CC(C2)CC1C3)C(=O)O. The molecule has 0 saturated heterocycles. The number of hydrogen-bond donors (Lipinski definition) is 4. The number of carbonyl (C=O) groups is 3. The van der Waals surface area contributed by atoms with Gasteiger partial charge in [0.15, 0.2) is 0 Å². The second-order valence-corrected chi connectivity index (χ2v) is 12.4. The highest BCUT2D eigenvalue weighted by Gasteiger charge is 2.50. The molecule has 4 aliphatic rings. The first-order valence-electron chi connectivity index (χ1n) is 13.3. The summed E-state index contributed by atoms with van der Waals surface area (Å²) in [6.07, 6.45) is 9.29.